The first-order valence-electron chi connectivity index (χ1n) is 7.63. The largest absolute Gasteiger partial charge is 0.393 e. The molecule has 2 aliphatic carbocycles. The van der Waals surface area contributed by atoms with Crippen molar-refractivity contribution in [1.29, 1.82) is 0 Å². The van der Waals surface area contributed by atoms with Crippen LogP contribution in [0.4, 0.5) is 0 Å². The monoisotopic (exact) mass is 300 g/mol. The molecule has 0 radical (unpaired) electrons. The Bertz CT molecular complexity index is 370. The van der Waals surface area contributed by atoms with Gasteiger partial charge in [0.25, 0.3) is 0 Å². The second-order valence-electron chi connectivity index (χ2n) is 6.27. The topological polar surface area (TPSA) is 57.2 Å². The lowest BCUT2D eigenvalue weighted by atomic mass is 9.63. The Hall–Kier alpha value is -0.460. The van der Waals surface area contributed by atoms with E-state index < -0.39 is 0 Å². The van der Waals surface area contributed by atoms with E-state index in [1.165, 1.54) is 5.57 Å². The summed E-state index contributed by atoms with van der Waals surface area (Å²) in [7, 11) is 3.23. The van der Waals surface area contributed by atoms with Crippen molar-refractivity contribution in [1.82, 2.24) is 0 Å². The summed E-state index contributed by atoms with van der Waals surface area (Å²) in [5.74, 6) is 0.261. The molecule has 0 aromatic rings. The van der Waals surface area contributed by atoms with Crippen LogP contribution in [0, 0.1) is 11.3 Å². The van der Waals surface area contributed by atoms with Crippen LogP contribution in [0.25, 0.3) is 0 Å². The number of rotatable bonds is 6. The Kier molecular flexibility index (Phi) is 5.80. The first-order valence-corrected chi connectivity index (χ1v) is 7.63. The maximum Gasteiger partial charge on any atom is 0.147 e. The second-order valence-corrected chi connectivity index (χ2v) is 6.27. The average molecular weight is 300 g/mol. The minimum Gasteiger partial charge on any atom is -0.393 e. The molecule has 0 saturated heterocycles. The molecule has 0 aromatic heterocycles. The number of allylic oxidation sites excluding steroid dienone is 1. The van der Waals surface area contributed by atoms with Crippen molar-refractivity contribution in [3.63, 3.8) is 0 Å². The maximum absolute atomic E-state index is 10.0. The van der Waals surface area contributed by atoms with E-state index in [0.717, 1.165) is 19.3 Å². The highest BCUT2D eigenvalue weighted by Crippen LogP contribution is 2.54. The van der Waals surface area contributed by atoms with Crippen molar-refractivity contribution in [3.05, 3.63) is 11.6 Å². The maximum atomic E-state index is 10.0. The van der Waals surface area contributed by atoms with Crippen molar-refractivity contribution in [3.8, 4) is 0 Å². The third-order valence-electron chi connectivity index (χ3n) is 5.17. The Balaban J connectivity index is 2.22. The van der Waals surface area contributed by atoms with Crippen LogP contribution in [0.2, 0.25) is 0 Å². The van der Waals surface area contributed by atoms with E-state index in [-0.39, 0.29) is 43.2 Å². The molecule has 5 heteroatoms. The molecular weight excluding hydrogens is 272 g/mol. The number of hydrogen-bond acceptors (Lipinski definition) is 5. The highest BCUT2D eigenvalue weighted by Gasteiger charge is 2.51. The van der Waals surface area contributed by atoms with Gasteiger partial charge in [-0.1, -0.05) is 18.6 Å². The lowest BCUT2D eigenvalue weighted by molar-refractivity contribution is -0.174. The molecule has 5 atom stereocenters. The van der Waals surface area contributed by atoms with E-state index >= 15 is 0 Å². The van der Waals surface area contributed by atoms with E-state index in [2.05, 4.69) is 19.9 Å². The Morgan fingerprint density at radius 1 is 1.24 bits per heavy atom. The van der Waals surface area contributed by atoms with Crippen LogP contribution in [-0.2, 0) is 18.9 Å². The van der Waals surface area contributed by atoms with Gasteiger partial charge >= 0.3 is 0 Å². The van der Waals surface area contributed by atoms with Crippen molar-refractivity contribution in [2.24, 2.45) is 11.3 Å². The zero-order chi connectivity index (χ0) is 15.5. The number of aliphatic hydroxyl groups excluding tert-OH is 1. The molecule has 0 amide bonds. The van der Waals surface area contributed by atoms with Gasteiger partial charge in [-0.15, -0.1) is 0 Å². The molecule has 2 rings (SSSR count). The molecular formula is C16H28O5. The average Bonchev–Trinajstić information content (AvgIpc) is 2.86. The van der Waals surface area contributed by atoms with Gasteiger partial charge < -0.3 is 24.1 Å². The van der Waals surface area contributed by atoms with Crippen LogP contribution < -0.4 is 0 Å². The minimum absolute atomic E-state index is 0.0186. The minimum atomic E-state index is -0.213. The zero-order valence-electron chi connectivity index (χ0n) is 13.5. The Morgan fingerprint density at radius 2 is 1.90 bits per heavy atom. The van der Waals surface area contributed by atoms with Crippen LogP contribution in [0.1, 0.15) is 33.1 Å². The molecule has 1 saturated carbocycles. The molecule has 21 heavy (non-hydrogen) atoms. The molecule has 0 unspecified atom stereocenters. The van der Waals surface area contributed by atoms with E-state index in [0.29, 0.717) is 0 Å². The molecule has 1 fully saturated rings. The SMILES string of the molecule is COCO[C@@H]1[C@@H](C)[C@@]2(CC[C@H](O)C2)C(C)=C[C@H]1OCOC. The Labute approximate surface area is 127 Å². The highest BCUT2D eigenvalue weighted by atomic mass is 16.7. The van der Waals surface area contributed by atoms with E-state index in [1.54, 1.807) is 14.2 Å². The summed E-state index contributed by atoms with van der Waals surface area (Å²) >= 11 is 0. The molecule has 1 spiro atoms. The molecule has 0 aromatic carbocycles. The van der Waals surface area contributed by atoms with Crippen LogP contribution >= 0.6 is 0 Å². The smallest absolute Gasteiger partial charge is 0.147 e. The van der Waals surface area contributed by atoms with Gasteiger partial charge in [-0.25, -0.2) is 0 Å². The molecule has 0 bridgehead atoms. The van der Waals surface area contributed by atoms with Crippen LogP contribution in [0.15, 0.2) is 11.6 Å². The van der Waals surface area contributed by atoms with Gasteiger partial charge in [0.1, 0.15) is 19.7 Å². The molecule has 0 aliphatic heterocycles. The summed E-state index contributed by atoms with van der Waals surface area (Å²) in [5.41, 5.74) is 1.31. The van der Waals surface area contributed by atoms with Gasteiger partial charge in [-0.3, -0.25) is 0 Å². The highest BCUT2D eigenvalue weighted by molar-refractivity contribution is 5.24. The standard InChI is InChI=1S/C16H28O5/c1-11-7-14(20-9-18-3)15(21-10-19-4)12(2)16(11)6-5-13(17)8-16/h7,12-15,17H,5-6,8-10H2,1-4H3/t12-,13+,14-,15-,16-/m1/s1. The number of methoxy groups -OCH3 is 2. The van der Waals surface area contributed by atoms with E-state index in [1.807, 2.05) is 0 Å². The van der Waals surface area contributed by atoms with Crippen LogP contribution in [-0.4, -0.2) is 51.2 Å². The fourth-order valence-electron chi connectivity index (χ4n) is 3.96. The summed E-state index contributed by atoms with van der Waals surface area (Å²) in [6, 6.07) is 0. The van der Waals surface area contributed by atoms with E-state index in [9.17, 15) is 5.11 Å². The first kappa shape index (κ1) is 16.9. The summed E-state index contributed by atoms with van der Waals surface area (Å²) < 4.78 is 21.8. The third-order valence-corrected chi connectivity index (χ3v) is 5.17. The van der Waals surface area contributed by atoms with Gasteiger partial charge in [0.05, 0.1) is 12.2 Å². The third kappa shape index (κ3) is 3.32. The first-order chi connectivity index (χ1) is 10.0. The van der Waals surface area contributed by atoms with Gasteiger partial charge in [0, 0.05) is 14.2 Å². The lowest BCUT2D eigenvalue weighted by Crippen LogP contribution is -2.48. The van der Waals surface area contributed by atoms with Crippen molar-refractivity contribution in [2.45, 2.75) is 51.4 Å². The number of hydrogen-bond donors (Lipinski definition) is 1. The van der Waals surface area contributed by atoms with E-state index in [4.69, 9.17) is 18.9 Å². The normalized spacial score (nSPS) is 39.8. The molecule has 122 valence electrons. The van der Waals surface area contributed by atoms with Gasteiger partial charge in [0.2, 0.25) is 0 Å². The van der Waals surface area contributed by atoms with Gasteiger partial charge in [-0.05, 0) is 37.5 Å². The summed E-state index contributed by atoms with van der Waals surface area (Å²) in [6.45, 7) is 4.82. The van der Waals surface area contributed by atoms with Crippen molar-refractivity contribution < 1.29 is 24.1 Å². The van der Waals surface area contributed by atoms with Gasteiger partial charge in [0.15, 0.2) is 0 Å². The fourth-order valence-corrected chi connectivity index (χ4v) is 3.96. The predicted molar refractivity (Wildman–Crippen MR) is 78.7 cm³/mol. The van der Waals surface area contributed by atoms with Crippen molar-refractivity contribution in [2.75, 3.05) is 27.8 Å². The van der Waals surface area contributed by atoms with Gasteiger partial charge in [-0.2, -0.15) is 0 Å². The molecule has 2 aliphatic rings. The molecule has 0 heterocycles. The van der Waals surface area contributed by atoms with Crippen LogP contribution in [0.3, 0.4) is 0 Å². The van der Waals surface area contributed by atoms with Crippen molar-refractivity contribution >= 4 is 0 Å². The fraction of sp³-hybridized carbons (Fsp3) is 0.875. The quantitative estimate of drug-likeness (QED) is 0.601. The molecule has 5 nitrogen and oxygen atoms in total. The Morgan fingerprint density at radius 3 is 2.48 bits per heavy atom. The zero-order valence-corrected chi connectivity index (χ0v) is 13.5. The number of ether oxygens (including phenoxy) is 4. The molecule has 1 N–H and O–H groups in total. The van der Waals surface area contributed by atoms with Crippen LogP contribution in [0.5, 0.6) is 0 Å². The second kappa shape index (κ2) is 7.20. The predicted octanol–water partition coefficient (Wildman–Crippen LogP) is 2.09. The lowest BCUT2D eigenvalue weighted by Gasteiger charge is -2.47. The summed E-state index contributed by atoms with van der Waals surface area (Å²) in [4.78, 5) is 0. The summed E-state index contributed by atoms with van der Waals surface area (Å²) in [6.07, 6.45) is 4.36. The summed E-state index contributed by atoms with van der Waals surface area (Å²) in [5, 5.41) is 10.0. The number of aliphatic hydroxyl groups is 1.